The van der Waals surface area contributed by atoms with Gasteiger partial charge >= 0.3 is 0 Å². The van der Waals surface area contributed by atoms with E-state index in [0.717, 1.165) is 12.7 Å². The summed E-state index contributed by atoms with van der Waals surface area (Å²) in [5.74, 6) is 0.121. The van der Waals surface area contributed by atoms with E-state index in [4.69, 9.17) is 0 Å². The van der Waals surface area contributed by atoms with Crippen LogP contribution in [-0.2, 0) is 0 Å². The molecule has 0 aliphatic rings. The van der Waals surface area contributed by atoms with Gasteiger partial charge in [0.2, 0.25) is 0 Å². The highest BCUT2D eigenvalue weighted by molar-refractivity contribution is 14.1. The summed E-state index contributed by atoms with van der Waals surface area (Å²) < 4.78 is 2.18. The minimum Gasteiger partial charge on any atom is -0.334 e. The largest absolute Gasteiger partial charge is 0.334 e. The molecule has 0 N–H and O–H groups in total. The van der Waals surface area contributed by atoms with Crippen LogP contribution in [0.2, 0.25) is 0 Å². The number of carbonyl (C=O) groups excluding carboxylic acids is 1. The molecule has 0 bridgehead atoms. The van der Waals surface area contributed by atoms with Crippen LogP contribution < -0.4 is 0 Å². The van der Waals surface area contributed by atoms with Gasteiger partial charge in [-0.05, 0) is 91.1 Å². The Balaban J connectivity index is 3.10. The maximum absolute atomic E-state index is 12.5. The molecule has 0 heterocycles. The summed E-state index contributed by atoms with van der Waals surface area (Å²) in [5.41, 5.74) is 0.799. The van der Waals surface area contributed by atoms with Crippen molar-refractivity contribution in [1.29, 1.82) is 0 Å². The van der Waals surface area contributed by atoms with Crippen LogP contribution in [0.4, 0.5) is 0 Å². The Bertz CT molecular complexity index is 408. The van der Waals surface area contributed by atoms with Crippen LogP contribution in [0.25, 0.3) is 0 Å². The number of nitrogens with zero attached hydrogens (tertiary/aromatic N) is 1. The average molecular weight is 457 g/mol. The highest BCUT2D eigenvalue weighted by Crippen LogP contribution is 2.20. The third kappa shape index (κ3) is 3.81. The third-order valence-corrected chi connectivity index (χ3v) is 4.07. The zero-order valence-electron chi connectivity index (χ0n) is 10.5. The Morgan fingerprint density at radius 3 is 2.06 bits per heavy atom. The maximum atomic E-state index is 12.5. The van der Waals surface area contributed by atoms with Crippen LogP contribution in [0.3, 0.4) is 0 Å². The molecule has 4 heteroatoms. The van der Waals surface area contributed by atoms with Gasteiger partial charge in [0.25, 0.3) is 5.91 Å². The number of hydrogen-bond donors (Lipinski definition) is 0. The minimum absolute atomic E-state index is 0.121. The molecular formula is C13H17I2NO. The Hall–Kier alpha value is 0.150. The van der Waals surface area contributed by atoms with Gasteiger partial charge in [0, 0.05) is 19.2 Å². The summed E-state index contributed by atoms with van der Waals surface area (Å²) in [6.07, 6.45) is 0. The Morgan fingerprint density at radius 2 is 1.65 bits per heavy atom. The second-order valence-corrected chi connectivity index (χ2v) is 6.93. The van der Waals surface area contributed by atoms with E-state index in [1.165, 1.54) is 0 Å². The zero-order chi connectivity index (χ0) is 13.2. The monoisotopic (exact) mass is 457 g/mol. The number of halogens is 2. The molecule has 0 aliphatic heterocycles. The van der Waals surface area contributed by atoms with Crippen molar-refractivity contribution in [2.45, 2.75) is 39.8 Å². The predicted octanol–water partition coefficient (Wildman–Crippen LogP) is 4.15. The molecule has 1 aromatic carbocycles. The van der Waals surface area contributed by atoms with Crippen molar-refractivity contribution < 1.29 is 4.79 Å². The Labute approximate surface area is 130 Å². The molecule has 0 spiro atoms. The molecule has 2 nitrogen and oxygen atoms in total. The van der Waals surface area contributed by atoms with Crippen LogP contribution in [0.1, 0.15) is 38.1 Å². The lowest BCUT2D eigenvalue weighted by molar-refractivity contribution is 0.0642. The molecular weight excluding hydrogens is 440 g/mol. The lowest BCUT2D eigenvalue weighted by Gasteiger charge is -2.31. The number of hydrogen-bond acceptors (Lipinski definition) is 1. The van der Waals surface area contributed by atoms with Crippen molar-refractivity contribution in [2.75, 3.05) is 0 Å². The van der Waals surface area contributed by atoms with Crippen LogP contribution in [0.15, 0.2) is 18.2 Å². The van der Waals surface area contributed by atoms with Crippen molar-refractivity contribution >= 4 is 51.1 Å². The first-order chi connectivity index (χ1) is 7.84. The molecule has 0 aliphatic carbocycles. The van der Waals surface area contributed by atoms with Crippen LogP contribution >= 0.6 is 45.2 Å². The van der Waals surface area contributed by atoms with Gasteiger partial charge in [-0.15, -0.1) is 0 Å². The molecule has 0 unspecified atom stereocenters. The van der Waals surface area contributed by atoms with Gasteiger partial charge in [-0.25, -0.2) is 0 Å². The standard InChI is InChI=1S/C13H17I2NO/c1-8(2)16(9(3)4)13(17)11-6-5-10(14)7-12(11)15/h5-9H,1-4H3. The van der Waals surface area contributed by atoms with E-state index in [1.54, 1.807) is 0 Å². The molecule has 1 amide bonds. The van der Waals surface area contributed by atoms with E-state index in [9.17, 15) is 4.79 Å². The molecule has 0 saturated carbocycles. The van der Waals surface area contributed by atoms with E-state index in [2.05, 4.69) is 72.9 Å². The first kappa shape index (κ1) is 15.2. The second kappa shape index (κ2) is 6.36. The number of benzene rings is 1. The summed E-state index contributed by atoms with van der Waals surface area (Å²) in [5, 5.41) is 0. The molecule has 0 atom stereocenters. The zero-order valence-corrected chi connectivity index (χ0v) is 14.8. The van der Waals surface area contributed by atoms with E-state index < -0.39 is 0 Å². The van der Waals surface area contributed by atoms with Crippen molar-refractivity contribution in [1.82, 2.24) is 4.90 Å². The SMILES string of the molecule is CC(C)N(C(=O)c1ccc(I)cc1I)C(C)C. The summed E-state index contributed by atoms with van der Waals surface area (Å²) in [6.45, 7) is 8.21. The molecule has 0 saturated heterocycles. The van der Waals surface area contributed by atoms with E-state index in [-0.39, 0.29) is 18.0 Å². The lowest BCUT2D eigenvalue weighted by atomic mass is 10.1. The highest BCUT2D eigenvalue weighted by Gasteiger charge is 2.23. The maximum Gasteiger partial charge on any atom is 0.255 e. The fourth-order valence-electron chi connectivity index (χ4n) is 1.87. The summed E-state index contributed by atoms with van der Waals surface area (Å²) in [7, 11) is 0. The van der Waals surface area contributed by atoms with E-state index >= 15 is 0 Å². The number of carbonyl (C=O) groups is 1. The summed E-state index contributed by atoms with van der Waals surface area (Å²) in [6, 6.07) is 6.38. The topological polar surface area (TPSA) is 20.3 Å². The molecule has 0 aromatic heterocycles. The Kier molecular flexibility index (Phi) is 5.69. The fraction of sp³-hybridized carbons (Fsp3) is 0.462. The van der Waals surface area contributed by atoms with Gasteiger partial charge in [-0.3, -0.25) is 4.79 Å². The average Bonchev–Trinajstić information content (AvgIpc) is 2.15. The summed E-state index contributed by atoms with van der Waals surface area (Å²) in [4.78, 5) is 14.4. The van der Waals surface area contributed by atoms with Gasteiger partial charge in [-0.1, -0.05) is 0 Å². The third-order valence-electron chi connectivity index (χ3n) is 2.51. The molecule has 94 valence electrons. The first-order valence-electron chi connectivity index (χ1n) is 5.62. The molecule has 0 fully saturated rings. The molecule has 17 heavy (non-hydrogen) atoms. The fourth-order valence-corrected chi connectivity index (χ4v) is 3.70. The molecule has 1 rings (SSSR count). The normalized spacial score (nSPS) is 11.1. The van der Waals surface area contributed by atoms with Gasteiger partial charge in [-0.2, -0.15) is 0 Å². The molecule has 1 aromatic rings. The van der Waals surface area contributed by atoms with Crippen LogP contribution in [0.5, 0.6) is 0 Å². The van der Waals surface area contributed by atoms with Gasteiger partial charge in [0.15, 0.2) is 0 Å². The second-order valence-electron chi connectivity index (χ2n) is 4.52. The van der Waals surface area contributed by atoms with E-state index in [1.807, 2.05) is 23.1 Å². The number of amides is 1. The van der Waals surface area contributed by atoms with Gasteiger partial charge in [0.1, 0.15) is 0 Å². The quantitative estimate of drug-likeness (QED) is 0.625. The van der Waals surface area contributed by atoms with Crippen LogP contribution in [0, 0.1) is 7.14 Å². The molecule has 0 radical (unpaired) electrons. The van der Waals surface area contributed by atoms with Gasteiger partial charge < -0.3 is 4.90 Å². The smallest absolute Gasteiger partial charge is 0.255 e. The lowest BCUT2D eigenvalue weighted by Crippen LogP contribution is -2.42. The van der Waals surface area contributed by atoms with Gasteiger partial charge in [0.05, 0.1) is 5.56 Å². The van der Waals surface area contributed by atoms with Crippen molar-refractivity contribution in [3.8, 4) is 0 Å². The predicted molar refractivity (Wildman–Crippen MR) is 88.3 cm³/mol. The first-order valence-corrected chi connectivity index (χ1v) is 7.78. The minimum atomic E-state index is 0.121. The van der Waals surface area contributed by atoms with Crippen molar-refractivity contribution in [3.05, 3.63) is 30.9 Å². The van der Waals surface area contributed by atoms with Crippen molar-refractivity contribution in [2.24, 2.45) is 0 Å². The number of rotatable bonds is 3. The van der Waals surface area contributed by atoms with Crippen LogP contribution in [-0.4, -0.2) is 22.9 Å². The van der Waals surface area contributed by atoms with E-state index in [0.29, 0.717) is 0 Å². The Morgan fingerprint density at radius 1 is 1.12 bits per heavy atom. The summed E-state index contributed by atoms with van der Waals surface area (Å²) >= 11 is 4.49. The highest BCUT2D eigenvalue weighted by atomic mass is 127. The van der Waals surface area contributed by atoms with Crippen molar-refractivity contribution in [3.63, 3.8) is 0 Å².